The van der Waals surface area contributed by atoms with Gasteiger partial charge >= 0.3 is 5.91 Å². The van der Waals surface area contributed by atoms with E-state index in [9.17, 15) is 14.7 Å². The van der Waals surface area contributed by atoms with Crippen molar-refractivity contribution in [3.05, 3.63) is 101 Å². The Balaban J connectivity index is 1.59. The van der Waals surface area contributed by atoms with Crippen LogP contribution in [0.3, 0.4) is 0 Å². The molecule has 1 saturated heterocycles. The second-order valence-electron chi connectivity index (χ2n) is 8.77. The third-order valence-electron chi connectivity index (χ3n) is 6.30. The molecule has 3 aromatic carbocycles. The number of carbonyl (C=O) groups is 2. The first kappa shape index (κ1) is 26.5. The van der Waals surface area contributed by atoms with Gasteiger partial charge in [-0.1, -0.05) is 89.3 Å². The lowest BCUT2D eigenvalue weighted by Crippen LogP contribution is -2.29. The molecule has 198 valence electrons. The molecule has 1 N–H and O–H groups in total. The van der Waals surface area contributed by atoms with Crippen molar-refractivity contribution < 1.29 is 24.2 Å². The van der Waals surface area contributed by atoms with Crippen molar-refractivity contribution in [2.75, 3.05) is 19.1 Å². The second kappa shape index (κ2) is 11.3. The molecule has 1 fully saturated rings. The number of ether oxygens (including phenoxy) is 2. The van der Waals surface area contributed by atoms with Crippen molar-refractivity contribution in [1.29, 1.82) is 0 Å². The van der Waals surface area contributed by atoms with E-state index in [1.807, 2.05) is 49.4 Å². The Morgan fingerprint density at radius 3 is 2.38 bits per heavy atom. The molecule has 0 bridgehead atoms. The van der Waals surface area contributed by atoms with Gasteiger partial charge in [0.15, 0.2) is 15.8 Å². The summed E-state index contributed by atoms with van der Waals surface area (Å²) in [4.78, 5) is 28.2. The van der Waals surface area contributed by atoms with Gasteiger partial charge in [0, 0.05) is 11.3 Å². The smallest absolute Gasteiger partial charge is 0.301 e. The van der Waals surface area contributed by atoms with Crippen LogP contribution in [0.15, 0.2) is 82.7 Å². The van der Waals surface area contributed by atoms with E-state index < -0.39 is 17.7 Å². The Kier molecular flexibility index (Phi) is 7.67. The highest BCUT2D eigenvalue weighted by Crippen LogP contribution is 2.45. The molecule has 0 spiro atoms. The monoisotopic (exact) mass is 559 g/mol. The molecule has 1 aliphatic heterocycles. The third kappa shape index (κ3) is 5.25. The molecule has 1 atom stereocenters. The number of aryl methyl sites for hydroxylation is 1. The van der Waals surface area contributed by atoms with E-state index in [0.29, 0.717) is 32.7 Å². The first-order valence-corrected chi connectivity index (χ1v) is 13.8. The predicted octanol–water partition coefficient (Wildman–Crippen LogP) is 5.78. The summed E-state index contributed by atoms with van der Waals surface area (Å²) >= 11 is 2.71. The van der Waals surface area contributed by atoms with Gasteiger partial charge < -0.3 is 14.6 Å². The topological polar surface area (TPSA) is 102 Å². The lowest BCUT2D eigenvalue weighted by molar-refractivity contribution is -0.132. The van der Waals surface area contributed by atoms with Crippen molar-refractivity contribution in [1.82, 2.24) is 10.2 Å². The SMILES string of the molecule is COc1ccc(C2/C(=C(/O)c3ccc(C)cc3)C(=O)C(=O)N2c2nnc(SCc3ccccc3)s2)cc1OC. The van der Waals surface area contributed by atoms with Crippen molar-refractivity contribution in [2.45, 2.75) is 23.1 Å². The summed E-state index contributed by atoms with van der Waals surface area (Å²) in [7, 11) is 3.03. The molecule has 4 aromatic rings. The van der Waals surface area contributed by atoms with Crippen molar-refractivity contribution in [3.63, 3.8) is 0 Å². The van der Waals surface area contributed by atoms with E-state index in [1.54, 1.807) is 30.3 Å². The zero-order valence-corrected chi connectivity index (χ0v) is 23.1. The predicted molar refractivity (Wildman–Crippen MR) is 151 cm³/mol. The molecule has 2 heterocycles. The Hall–Kier alpha value is -4.15. The maximum Gasteiger partial charge on any atom is 0.301 e. The summed E-state index contributed by atoms with van der Waals surface area (Å²) < 4.78 is 11.5. The minimum Gasteiger partial charge on any atom is -0.507 e. The molecule has 0 saturated carbocycles. The quantitative estimate of drug-likeness (QED) is 0.0953. The molecule has 1 unspecified atom stereocenters. The second-order valence-corrected chi connectivity index (χ2v) is 11.0. The highest BCUT2D eigenvalue weighted by Gasteiger charge is 2.48. The third-order valence-corrected chi connectivity index (χ3v) is 8.43. The number of methoxy groups -OCH3 is 2. The van der Waals surface area contributed by atoms with Gasteiger partial charge in [0.25, 0.3) is 5.78 Å². The minimum absolute atomic E-state index is 0.0373. The molecule has 1 aromatic heterocycles. The van der Waals surface area contributed by atoms with Gasteiger partial charge in [-0.2, -0.15) is 0 Å². The number of hydrogen-bond acceptors (Lipinski definition) is 9. The van der Waals surface area contributed by atoms with Crippen LogP contribution in [0, 0.1) is 6.92 Å². The molecular formula is C29H25N3O5S2. The molecule has 10 heteroatoms. The molecule has 39 heavy (non-hydrogen) atoms. The molecular weight excluding hydrogens is 534 g/mol. The van der Waals surface area contributed by atoms with E-state index >= 15 is 0 Å². The lowest BCUT2D eigenvalue weighted by Gasteiger charge is -2.23. The van der Waals surface area contributed by atoms with Gasteiger partial charge in [0.1, 0.15) is 5.76 Å². The van der Waals surface area contributed by atoms with Crippen LogP contribution in [0.1, 0.15) is 28.3 Å². The first-order chi connectivity index (χ1) is 18.9. The number of rotatable bonds is 8. The standard InChI is InChI=1S/C29H25N3O5S2/c1-17-9-11-19(12-10-17)25(33)23-24(20-13-14-21(36-2)22(15-20)37-3)32(27(35)26(23)34)28-30-31-29(39-28)38-16-18-7-5-4-6-8-18/h4-15,24,33H,16H2,1-3H3/b25-23-. The highest BCUT2D eigenvalue weighted by atomic mass is 32.2. The lowest BCUT2D eigenvalue weighted by atomic mass is 9.95. The van der Waals surface area contributed by atoms with Crippen LogP contribution in [0.25, 0.3) is 5.76 Å². The van der Waals surface area contributed by atoms with Crippen LogP contribution in [0.5, 0.6) is 11.5 Å². The maximum atomic E-state index is 13.5. The van der Waals surface area contributed by atoms with Gasteiger partial charge in [-0.25, -0.2) is 0 Å². The number of benzene rings is 3. The van der Waals surface area contributed by atoms with Gasteiger partial charge in [0.2, 0.25) is 5.13 Å². The number of aliphatic hydroxyl groups excluding tert-OH is 1. The van der Waals surface area contributed by atoms with Gasteiger partial charge in [-0.15, -0.1) is 10.2 Å². The highest BCUT2D eigenvalue weighted by molar-refractivity contribution is 8.00. The average Bonchev–Trinajstić information content (AvgIpc) is 3.54. The number of aliphatic hydroxyl groups is 1. The maximum absolute atomic E-state index is 13.5. The number of anilines is 1. The molecule has 0 radical (unpaired) electrons. The zero-order chi connectivity index (χ0) is 27.5. The summed E-state index contributed by atoms with van der Waals surface area (Å²) in [6, 6.07) is 21.2. The molecule has 1 amide bonds. The van der Waals surface area contributed by atoms with Crippen LogP contribution in [-0.4, -0.2) is 41.2 Å². The van der Waals surface area contributed by atoms with Crippen molar-refractivity contribution >= 4 is 45.7 Å². The number of Topliss-reactive ketones (excluding diaryl/α,β-unsaturated/α-hetero) is 1. The normalized spacial score (nSPS) is 16.5. The largest absolute Gasteiger partial charge is 0.507 e. The summed E-state index contributed by atoms with van der Waals surface area (Å²) in [5.74, 6) is -0.264. The summed E-state index contributed by atoms with van der Waals surface area (Å²) in [6.07, 6.45) is 0. The Bertz CT molecular complexity index is 1550. The van der Waals surface area contributed by atoms with E-state index in [0.717, 1.165) is 11.1 Å². The Labute approximate surface area is 233 Å². The molecule has 1 aliphatic rings. The van der Waals surface area contributed by atoms with Crippen LogP contribution in [0.2, 0.25) is 0 Å². The number of hydrogen-bond donors (Lipinski definition) is 1. The zero-order valence-electron chi connectivity index (χ0n) is 21.5. The van der Waals surface area contributed by atoms with E-state index in [-0.39, 0.29) is 16.5 Å². The fourth-order valence-corrected chi connectivity index (χ4v) is 6.14. The average molecular weight is 560 g/mol. The number of carbonyl (C=O) groups excluding carboxylic acids is 2. The number of amides is 1. The number of nitrogens with zero attached hydrogens (tertiary/aromatic N) is 3. The van der Waals surface area contributed by atoms with Crippen molar-refractivity contribution in [2.24, 2.45) is 0 Å². The summed E-state index contributed by atoms with van der Waals surface area (Å²) in [5, 5.41) is 20.1. The van der Waals surface area contributed by atoms with Crippen LogP contribution < -0.4 is 14.4 Å². The van der Waals surface area contributed by atoms with Gasteiger partial charge in [-0.3, -0.25) is 14.5 Å². The number of thioether (sulfide) groups is 1. The Morgan fingerprint density at radius 1 is 0.974 bits per heavy atom. The molecule has 5 rings (SSSR count). The minimum atomic E-state index is -0.953. The molecule has 0 aliphatic carbocycles. The molecule has 8 nitrogen and oxygen atoms in total. The van der Waals surface area contributed by atoms with E-state index in [4.69, 9.17) is 9.47 Å². The van der Waals surface area contributed by atoms with Crippen LogP contribution >= 0.6 is 23.1 Å². The number of ketones is 1. The first-order valence-electron chi connectivity index (χ1n) is 12.0. The van der Waals surface area contributed by atoms with Gasteiger partial charge in [-0.05, 0) is 30.2 Å². The Morgan fingerprint density at radius 2 is 1.69 bits per heavy atom. The van der Waals surface area contributed by atoms with Crippen LogP contribution in [-0.2, 0) is 15.3 Å². The van der Waals surface area contributed by atoms with Crippen molar-refractivity contribution in [3.8, 4) is 11.5 Å². The summed E-state index contributed by atoms with van der Waals surface area (Å²) in [5.41, 5.74) is 3.07. The fraction of sp³-hybridized carbons (Fsp3) is 0.172. The summed E-state index contributed by atoms with van der Waals surface area (Å²) in [6.45, 7) is 1.93. The van der Waals surface area contributed by atoms with Gasteiger partial charge in [0.05, 0.1) is 25.8 Å². The fourth-order valence-electron chi connectivity index (χ4n) is 4.31. The van der Waals surface area contributed by atoms with Crippen LogP contribution in [0.4, 0.5) is 5.13 Å². The van der Waals surface area contributed by atoms with E-state index in [1.165, 1.54) is 42.2 Å². The van der Waals surface area contributed by atoms with E-state index in [2.05, 4.69) is 10.2 Å². The number of aromatic nitrogens is 2.